The van der Waals surface area contributed by atoms with Crippen LogP contribution in [0.5, 0.6) is 0 Å². The van der Waals surface area contributed by atoms with E-state index >= 15 is 0 Å². The number of nitriles is 1. The van der Waals surface area contributed by atoms with Gasteiger partial charge in [0.05, 0.1) is 6.07 Å². The molecule has 2 rings (SSSR count). The molecule has 1 heterocycles. The van der Waals surface area contributed by atoms with Gasteiger partial charge in [-0.25, -0.2) is 0 Å². The highest BCUT2D eigenvalue weighted by Crippen LogP contribution is 2.39. The summed E-state index contributed by atoms with van der Waals surface area (Å²) < 4.78 is 0. The highest BCUT2D eigenvalue weighted by atomic mass is 15.2. The van der Waals surface area contributed by atoms with E-state index in [0.29, 0.717) is 5.92 Å². The van der Waals surface area contributed by atoms with Gasteiger partial charge in [-0.05, 0) is 58.3 Å². The summed E-state index contributed by atoms with van der Waals surface area (Å²) >= 11 is 0. The van der Waals surface area contributed by atoms with Crippen LogP contribution in [-0.4, -0.2) is 61.7 Å². The molecule has 19 heavy (non-hydrogen) atoms. The Balaban J connectivity index is 1.80. The Bertz CT molecular complexity index is 315. The Morgan fingerprint density at radius 3 is 2.58 bits per heavy atom. The van der Waals surface area contributed by atoms with Crippen LogP contribution >= 0.6 is 0 Å². The van der Waals surface area contributed by atoms with Crippen LogP contribution in [0.1, 0.15) is 32.6 Å². The van der Waals surface area contributed by atoms with E-state index in [1.807, 2.05) is 0 Å². The van der Waals surface area contributed by atoms with E-state index < -0.39 is 0 Å². The quantitative estimate of drug-likeness (QED) is 0.717. The number of hydrogen-bond acceptors (Lipinski definition) is 4. The van der Waals surface area contributed by atoms with Crippen LogP contribution in [0, 0.1) is 17.2 Å². The third kappa shape index (κ3) is 3.92. The zero-order chi connectivity index (χ0) is 13.7. The van der Waals surface area contributed by atoms with Crippen molar-refractivity contribution < 1.29 is 0 Å². The van der Waals surface area contributed by atoms with E-state index in [-0.39, 0.29) is 5.54 Å². The van der Waals surface area contributed by atoms with E-state index in [4.69, 9.17) is 0 Å². The second kappa shape index (κ2) is 6.69. The number of likely N-dealkylation sites (tertiary alicyclic amines) is 1. The molecule has 0 spiro atoms. The normalized spacial score (nSPS) is 23.5. The number of hydrogen-bond donors (Lipinski definition) is 1. The lowest BCUT2D eigenvalue weighted by atomic mass is 9.94. The second-order valence-electron chi connectivity index (χ2n) is 6.17. The molecule has 1 atom stereocenters. The number of nitrogens with one attached hydrogen (secondary N) is 1. The van der Waals surface area contributed by atoms with Gasteiger partial charge in [-0.3, -0.25) is 5.32 Å². The fourth-order valence-electron chi connectivity index (χ4n) is 3.21. The average molecular weight is 264 g/mol. The van der Waals surface area contributed by atoms with Gasteiger partial charge in [0.15, 0.2) is 0 Å². The van der Waals surface area contributed by atoms with Gasteiger partial charge in [0.2, 0.25) is 0 Å². The van der Waals surface area contributed by atoms with E-state index in [1.54, 1.807) is 0 Å². The molecule has 0 aromatic heterocycles. The van der Waals surface area contributed by atoms with Crippen LogP contribution < -0.4 is 5.32 Å². The first kappa shape index (κ1) is 14.8. The van der Waals surface area contributed by atoms with Crippen molar-refractivity contribution in [3.8, 4) is 6.07 Å². The molecule has 1 N–H and O–H groups in total. The van der Waals surface area contributed by atoms with Crippen molar-refractivity contribution in [3.05, 3.63) is 0 Å². The fourth-order valence-corrected chi connectivity index (χ4v) is 3.21. The topological polar surface area (TPSA) is 42.3 Å². The Hall–Kier alpha value is -0.630. The molecule has 2 aliphatic rings. The van der Waals surface area contributed by atoms with Crippen molar-refractivity contribution >= 4 is 0 Å². The standard InChI is InChI=1S/C15H28N4/c1-3-17-15(12-16,14-6-7-14)13-18(2)10-11-19-8-4-5-9-19/h14,17H,3-11,13H2,1-2H3. The lowest BCUT2D eigenvalue weighted by Crippen LogP contribution is -2.54. The van der Waals surface area contributed by atoms with Crippen LogP contribution in [0.2, 0.25) is 0 Å². The fraction of sp³-hybridized carbons (Fsp3) is 0.933. The third-order valence-electron chi connectivity index (χ3n) is 4.48. The Morgan fingerprint density at radius 1 is 1.37 bits per heavy atom. The molecule has 0 aromatic carbocycles. The van der Waals surface area contributed by atoms with Crippen LogP contribution in [0.15, 0.2) is 0 Å². The van der Waals surface area contributed by atoms with Crippen molar-refractivity contribution in [2.75, 3.05) is 46.3 Å². The predicted octanol–water partition coefficient (Wildman–Crippen LogP) is 1.30. The van der Waals surface area contributed by atoms with Crippen molar-refractivity contribution in [3.63, 3.8) is 0 Å². The summed E-state index contributed by atoms with van der Waals surface area (Å²) in [7, 11) is 2.15. The minimum atomic E-state index is -0.311. The first-order chi connectivity index (χ1) is 9.20. The molecule has 2 fully saturated rings. The van der Waals surface area contributed by atoms with Crippen LogP contribution in [0.25, 0.3) is 0 Å². The summed E-state index contributed by atoms with van der Waals surface area (Å²) in [4.78, 5) is 4.87. The van der Waals surface area contributed by atoms with E-state index in [0.717, 1.165) is 26.2 Å². The number of nitrogens with zero attached hydrogens (tertiary/aromatic N) is 3. The molecular weight excluding hydrogens is 236 g/mol. The molecule has 1 unspecified atom stereocenters. The van der Waals surface area contributed by atoms with E-state index in [2.05, 4.69) is 35.2 Å². The molecule has 1 saturated heterocycles. The zero-order valence-corrected chi connectivity index (χ0v) is 12.5. The maximum atomic E-state index is 9.60. The van der Waals surface area contributed by atoms with Gasteiger partial charge in [-0.2, -0.15) is 5.26 Å². The smallest absolute Gasteiger partial charge is 0.122 e. The first-order valence-corrected chi connectivity index (χ1v) is 7.77. The van der Waals surface area contributed by atoms with Gasteiger partial charge >= 0.3 is 0 Å². The Morgan fingerprint density at radius 2 is 2.05 bits per heavy atom. The molecule has 4 heteroatoms. The van der Waals surface area contributed by atoms with Gasteiger partial charge < -0.3 is 9.80 Å². The minimum absolute atomic E-state index is 0.311. The average Bonchev–Trinajstić information content (AvgIpc) is 3.13. The zero-order valence-electron chi connectivity index (χ0n) is 12.5. The third-order valence-corrected chi connectivity index (χ3v) is 4.48. The number of rotatable bonds is 8. The summed E-state index contributed by atoms with van der Waals surface area (Å²) in [6, 6.07) is 2.57. The monoisotopic (exact) mass is 264 g/mol. The van der Waals surface area contributed by atoms with Gasteiger partial charge in [0.25, 0.3) is 0 Å². The Kier molecular flexibility index (Phi) is 5.20. The van der Waals surface area contributed by atoms with Crippen molar-refractivity contribution in [2.24, 2.45) is 5.92 Å². The highest BCUT2D eigenvalue weighted by molar-refractivity contribution is 5.16. The summed E-state index contributed by atoms with van der Waals surface area (Å²) in [6.07, 6.45) is 5.12. The summed E-state index contributed by atoms with van der Waals surface area (Å²) in [5, 5.41) is 13.0. The van der Waals surface area contributed by atoms with Gasteiger partial charge in [0.1, 0.15) is 5.54 Å². The SMILES string of the molecule is CCNC(C#N)(CN(C)CCN1CCCC1)C1CC1. The first-order valence-electron chi connectivity index (χ1n) is 7.77. The summed E-state index contributed by atoms with van der Waals surface area (Å²) in [6.45, 7) is 8.56. The molecule has 0 amide bonds. The molecule has 1 saturated carbocycles. The second-order valence-corrected chi connectivity index (χ2v) is 6.17. The Labute approximate surface area is 117 Å². The molecule has 108 valence electrons. The lowest BCUT2D eigenvalue weighted by Gasteiger charge is -2.33. The summed E-state index contributed by atoms with van der Waals surface area (Å²) in [5.74, 6) is 0.562. The largest absolute Gasteiger partial charge is 0.302 e. The van der Waals surface area contributed by atoms with Gasteiger partial charge in [-0.1, -0.05) is 6.92 Å². The molecule has 0 radical (unpaired) electrons. The van der Waals surface area contributed by atoms with Crippen LogP contribution in [0.4, 0.5) is 0 Å². The highest BCUT2D eigenvalue weighted by Gasteiger charge is 2.45. The maximum absolute atomic E-state index is 9.60. The molecular formula is C15H28N4. The molecule has 0 aromatic rings. The summed E-state index contributed by atoms with van der Waals surface area (Å²) in [5.41, 5.74) is -0.311. The van der Waals surface area contributed by atoms with E-state index in [9.17, 15) is 5.26 Å². The van der Waals surface area contributed by atoms with E-state index in [1.165, 1.54) is 38.8 Å². The van der Waals surface area contributed by atoms with Gasteiger partial charge in [0, 0.05) is 19.6 Å². The lowest BCUT2D eigenvalue weighted by molar-refractivity contribution is 0.204. The van der Waals surface area contributed by atoms with Crippen molar-refractivity contribution in [1.29, 1.82) is 5.26 Å². The van der Waals surface area contributed by atoms with Gasteiger partial charge in [-0.15, -0.1) is 0 Å². The van der Waals surface area contributed by atoms with Crippen LogP contribution in [-0.2, 0) is 0 Å². The van der Waals surface area contributed by atoms with Crippen LogP contribution in [0.3, 0.4) is 0 Å². The molecule has 1 aliphatic heterocycles. The maximum Gasteiger partial charge on any atom is 0.122 e. The van der Waals surface area contributed by atoms with Crippen molar-refractivity contribution in [2.45, 2.75) is 38.1 Å². The molecule has 1 aliphatic carbocycles. The predicted molar refractivity (Wildman–Crippen MR) is 77.9 cm³/mol. The number of likely N-dealkylation sites (N-methyl/N-ethyl adjacent to an activating group) is 2. The molecule has 0 bridgehead atoms. The molecule has 4 nitrogen and oxygen atoms in total. The minimum Gasteiger partial charge on any atom is -0.302 e. The van der Waals surface area contributed by atoms with Crippen molar-refractivity contribution in [1.82, 2.24) is 15.1 Å².